The van der Waals surface area contributed by atoms with Crippen molar-refractivity contribution >= 4 is 21.1 Å². The van der Waals surface area contributed by atoms with E-state index in [1.807, 2.05) is 18.2 Å². The lowest BCUT2D eigenvalue weighted by molar-refractivity contribution is 0.204. The van der Waals surface area contributed by atoms with Crippen molar-refractivity contribution in [3.63, 3.8) is 0 Å². The van der Waals surface area contributed by atoms with Crippen molar-refractivity contribution in [2.24, 2.45) is 0 Å². The molecule has 3 heterocycles. The standard InChI is InChI=1S/C23H24N4O3S/c1-15(2)23-25-20-6-4-5-7-22(20)27(23)18-12-26(13-18)31(28,29)19-10-8-17(9-11-19)21-14-30-16(3)24-21/h4-11,14-15,18H,12-13H2,1-3H3. The number of sulfonamides is 1. The van der Waals surface area contributed by atoms with Gasteiger partial charge in [0, 0.05) is 31.5 Å². The lowest BCUT2D eigenvalue weighted by atomic mass is 10.1. The van der Waals surface area contributed by atoms with Gasteiger partial charge in [-0.05, 0) is 24.3 Å². The molecule has 0 unspecified atom stereocenters. The molecule has 1 fully saturated rings. The molecular weight excluding hydrogens is 412 g/mol. The van der Waals surface area contributed by atoms with Gasteiger partial charge in [0.25, 0.3) is 0 Å². The minimum absolute atomic E-state index is 0.0805. The summed E-state index contributed by atoms with van der Waals surface area (Å²) in [4.78, 5) is 9.35. The predicted octanol–water partition coefficient (Wildman–Crippen LogP) is 4.37. The van der Waals surface area contributed by atoms with E-state index in [1.165, 1.54) is 4.31 Å². The Kier molecular flexibility index (Phi) is 4.71. The monoisotopic (exact) mass is 436 g/mol. The maximum Gasteiger partial charge on any atom is 0.243 e. The number of fused-ring (bicyclic) bond motifs is 1. The highest BCUT2D eigenvalue weighted by Gasteiger charge is 2.39. The molecule has 1 aliphatic heterocycles. The molecule has 4 aromatic rings. The number of nitrogens with zero attached hydrogens (tertiary/aromatic N) is 4. The topological polar surface area (TPSA) is 81.2 Å². The molecule has 0 saturated carbocycles. The molecule has 0 amide bonds. The van der Waals surface area contributed by atoms with Gasteiger partial charge in [-0.25, -0.2) is 18.4 Å². The fraction of sp³-hybridized carbons (Fsp3) is 0.304. The predicted molar refractivity (Wildman–Crippen MR) is 118 cm³/mol. The van der Waals surface area contributed by atoms with Crippen LogP contribution in [0.4, 0.5) is 0 Å². The molecule has 2 aromatic carbocycles. The summed E-state index contributed by atoms with van der Waals surface area (Å²) < 4.78 is 35.2. The lowest BCUT2D eigenvalue weighted by Crippen LogP contribution is -2.50. The van der Waals surface area contributed by atoms with Crippen molar-refractivity contribution < 1.29 is 12.8 Å². The first kappa shape index (κ1) is 20.0. The molecule has 160 valence electrons. The summed E-state index contributed by atoms with van der Waals surface area (Å²) in [5.41, 5.74) is 3.52. The number of imidazole rings is 1. The number of aromatic nitrogens is 3. The first-order valence-electron chi connectivity index (χ1n) is 10.3. The van der Waals surface area contributed by atoms with E-state index >= 15 is 0 Å². The van der Waals surface area contributed by atoms with Gasteiger partial charge in [-0.3, -0.25) is 0 Å². The van der Waals surface area contributed by atoms with Crippen molar-refractivity contribution in [2.45, 2.75) is 37.6 Å². The molecule has 5 rings (SSSR count). The van der Waals surface area contributed by atoms with Gasteiger partial charge in [0.2, 0.25) is 10.0 Å². The summed E-state index contributed by atoms with van der Waals surface area (Å²) in [5, 5.41) is 0. The minimum Gasteiger partial charge on any atom is -0.449 e. The van der Waals surface area contributed by atoms with Gasteiger partial charge in [0.05, 0.1) is 22.0 Å². The van der Waals surface area contributed by atoms with E-state index in [2.05, 4.69) is 29.5 Å². The van der Waals surface area contributed by atoms with Crippen LogP contribution in [0.1, 0.15) is 37.5 Å². The van der Waals surface area contributed by atoms with Gasteiger partial charge < -0.3 is 8.98 Å². The van der Waals surface area contributed by atoms with Crippen molar-refractivity contribution in [3.05, 3.63) is 66.5 Å². The smallest absolute Gasteiger partial charge is 0.243 e. The van der Waals surface area contributed by atoms with Crippen LogP contribution in [-0.4, -0.2) is 40.3 Å². The quantitative estimate of drug-likeness (QED) is 0.464. The molecule has 0 atom stereocenters. The molecule has 0 N–H and O–H groups in total. The fourth-order valence-electron chi connectivity index (χ4n) is 4.07. The normalized spacial score (nSPS) is 15.6. The fourth-order valence-corrected chi connectivity index (χ4v) is 5.59. The van der Waals surface area contributed by atoms with Gasteiger partial charge in [-0.1, -0.05) is 38.1 Å². The Hall–Kier alpha value is -2.97. The second-order valence-electron chi connectivity index (χ2n) is 8.24. The summed E-state index contributed by atoms with van der Waals surface area (Å²) in [7, 11) is -3.55. The van der Waals surface area contributed by atoms with Crippen LogP contribution < -0.4 is 0 Å². The molecule has 7 nitrogen and oxygen atoms in total. The highest BCUT2D eigenvalue weighted by atomic mass is 32.2. The van der Waals surface area contributed by atoms with Crippen molar-refractivity contribution in [1.29, 1.82) is 0 Å². The van der Waals surface area contributed by atoms with Gasteiger partial charge in [-0.15, -0.1) is 0 Å². The molecule has 0 aliphatic carbocycles. The maximum absolute atomic E-state index is 13.1. The number of hydrogen-bond acceptors (Lipinski definition) is 5. The number of para-hydroxylation sites is 2. The van der Waals surface area contributed by atoms with Gasteiger partial charge in [0.1, 0.15) is 17.8 Å². The van der Waals surface area contributed by atoms with Crippen LogP contribution in [0.25, 0.3) is 22.3 Å². The summed E-state index contributed by atoms with van der Waals surface area (Å²) in [6, 6.07) is 14.9. The van der Waals surface area contributed by atoms with E-state index in [-0.39, 0.29) is 16.9 Å². The van der Waals surface area contributed by atoms with E-state index in [9.17, 15) is 8.42 Å². The highest BCUT2D eigenvalue weighted by molar-refractivity contribution is 7.89. The number of rotatable bonds is 5. The van der Waals surface area contributed by atoms with Gasteiger partial charge in [-0.2, -0.15) is 4.31 Å². The SMILES string of the molecule is Cc1nc(-c2ccc(S(=O)(=O)N3CC(n4c(C(C)C)nc5ccccc54)C3)cc2)co1. The third kappa shape index (κ3) is 3.36. The van der Waals surface area contributed by atoms with E-state index in [4.69, 9.17) is 9.40 Å². The molecule has 31 heavy (non-hydrogen) atoms. The van der Waals surface area contributed by atoms with Crippen LogP contribution in [0.3, 0.4) is 0 Å². The minimum atomic E-state index is -3.55. The summed E-state index contributed by atoms with van der Waals surface area (Å²) in [5.74, 6) is 1.83. The van der Waals surface area contributed by atoms with E-state index in [0.29, 0.717) is 24.7 Å². The van der Waals surface area contributed by atoms with Crippen LogP contribution >= 0.6 is 0 Å². The molecular formula is C23H24N4O3S. The number of oxazole rings is 1. The van der Waals surface area contributed by atoms with Crippen molar-refractivity contribution in [2.75, 3.05) is 13.1 Å². The van der Waals surface area contributed by atoms with Gasteiger partial charge in [0.15, 0.2) is 5.89 Å². The Morgan fingerprint density at radius 2 is 1.74 bits per heavy atom. The maximum atomic E-state index is 13.1. The first-order chi connectivity index (χ1) is 14.8. The van der Waals surface area contributed by atoms with Gasteiger partial charge >= 0.3 is 0 Å². The number of aryl methyl sites for hydroxylation is 1. The third-order valence-electron chi connectivity index (χ3n) is 5.74. The average Bonchev–Trinajstić information content (AvgIpc) is 3.31. The second-order valence-corrected chi connectivity index (χ2v) is 10.2. The molecule has 0 bridgehead atoms. The van der Waals surface area contributed by atoms with Crippen LogP contribution in [0.5, 0.6) is 0 Å². The molecule has 0 spiro atoms. The molecule has 8 heteroatoms. The molecule has 0 radical (unpaired) electrons. The zero-order chi connectivity index (χ0) is 21.8. The average molecular weight is 437 g/mol. The zero-order valence-electron chi connectivity index (χ0n) is 17.7. The molecule has 2 aromatic heterocycles. The Balaban J connectivity index is 1.38. The lowest BCUT2D eigenvalue weighted by Gasteiger charge is -2.40. The largest absolute Gasteiger partial charge is 0.449 e. The Bertz CT molecular complexity index is 1350. The highest BCUT2D eigenvalue weighted by Crippen LogP contribution is 2.34. The van der Waals surface area contributed by atoms with E-state index in [0.717, 1.165) is 22.4 Å². The Labute approximate surface area is 181 Å². The Morgan fingerprint density at radius 3 is 2.39 bits per heavy atom. The number of benzene rings is 2. The van der Waals surface area contributed by atoms with Crippen molar-refractivity contribution in [1.82, 2.24) is 18.8 Å². The van der Waals surface area contributed by atoms with E-state index in [1.54, 1.807) is 37.5 Å². The summed E-state index contributed by atoms with van der Waals surface area (Å²) >= 11 is 0. The molecule has 1 saturated heterocycles. The van der Waals surface area contributed by atoms with Crippen LogP contribution in [0.2, 0.25) is 0 Å². The first-order valence-corrected chi connectivity index (χ1v) is 11.8. The van der Waals surface area contributed by atoms with Crippen LogP contribution in [-0.2, 0) is 10.0 Å². The second kappa shape index (κ2) is 7.32. The third-order valence-corrected chi connectivity index (χ3v) is 7.59. The summed E-state index contributed by atoms with van der Waals surface area (Å²) in [6.45, 7) is 6.88. The van der Waals surface area contributed by atoms with E-state index < -0.39 is 10.0 Å². The van der Waals surface area contributed by atoms with Crippen molar-refractivity contribution in [3.8, 4) is 11.3 Å². The zero-order valence-corrected chi connectivity index (χ0v) is 18.5. The molecule has 1 aliphatic rings. The summed E-state index contributed by atoms with van der Waals surface area (Å²) in [6.07, 6.45) is 1.57. The number of hydrogen-bond donors (Lipinski definition) is 0. The van der Waals surface area contributed by atoms with Crippen LogP contribution in [0, 0.1) is 6.92 Å². The van der Waals surface area contributed by atoms with Crippen LogP contribution in [0.15, 0.2) is 64.1 Å². The Morgan fingerprint density at radius 1 is 1.03 bits per heavy atom.